The molecular formula is C23H29N3O4S. The van der Waals surface area contributed by atoms with Crippen LogP contribution in [-0.4, -0.2) is 57.1 Å². The first-order valence-corrected chi connectivity index (χ1v) is 12.3. The van der Waals surface area contributed by atoms with Crippen molar-refractivity contribution < 1.29 is 18.3 Å². The maximum Gasteiger partial charge on any atom is 0.337 e. The van der Waals surface area contributed by atoms with Crippen molar-refractivity contribution in [3.63, 3.8) is 0 Å². The van der Waals surface area contributed by atoms with Gasteiger partial charge in [0.2, 0.25) is 0 Å². The first-order valence-electron chi connectivity index (χ1n) is 10.8. The van der Waals surface area contributed by atoms with E-state index < -0.39 is 16.0 Å². The minimum atomic E-state index is -3.78. The third-order valence-corrected chi connectivity index (χ3v) is 7.50. The second kappa shape index (κ2) is 9.28. The Balaban J connectivity index is 1.52. The summed E-state index contributed by atoms with van der Waals surface area (Å²) in [5, 5.41) is 9.82. The van der Waals surface area contributed by atoms with Crippen LogP contribution < -0.4 is 9.62 Å². The molecule has 1 atom stereocenters. The summed E-state index contributed by atoms with van der Waals surface area (Å²) in [7, 11) is -3.78. The van der Waals surface area contributed by atoms with Crippen molar-refractivity contribution in [1.29, 1.82) is 0 Å². The largest absolute Gasteiger partial charge is 0.478 e. The van der Waals surface area contributed by atoms with Gasteiger partial charge < -0.3 is 14.9 Å². The van der Waals surface area contributed by atoms with Crippen LogP contribution in [0.5, 0.6) is 0 Å². The number of likely N-dealkylation sites (tertiary alicyclic amines) is 1. The molecule has 0 saturated carbocycles. The summed E-state index contributed by atoms with van der Waals surface area (Å²) in [5.74, 6) is -0.540. The van der Waals surface area contributed by atoms with E-state index in [2.05, 4.69) is 14.5 Å². The predicted molar refractivity (Wildman–Crippen MR) is 121 cm³/mol. The summed E-state index contributed by atoms with van der Waals surface area (Å²) in [6, 6.07) is 12.8. The van der Waals surface area contributed by atoms with E-state index in [-0.39, 0.29) is 16.1 Å². The number of sulfonamides is 1. The van der Waals surface area contributed by atoms with Gasteiger partial charge in [-0.15, -0.1) is 0 Å². The Morgan fingerprint density at radius 1 is 1.03 bits per heavy atom. The fourth-order valence-corrected chi connectivity index (χ4v) is 5.69. The third-order valence-electron chi connectivity index (χ3n) is 6.11. The minimum Gasteiger partial charge on any atom is -0.478 e. The van der Waals surface area contributed by atoms with Gasteiger partial charge in [-0.2, -0.15) is 0 Å². The highest BCUT2D eigenvalue weighted by Crippen LogP contribution is 2.30. The maximum atomic E-state index is 12.6. The molecule has 1 unspecified atom stereocenters. The van der Waals surface area contributed by atoms with Gasteiger partial charge in [0.15, 0.2) is 0 Å². The van der Waals surface area contributed by atoms with Gasteiger partial charge in [-0.25, -0.2) is 13.2 Å². The van der Waals surface area contributed by atoms with Gasteiger partial charge in [0, 0.05) is 25.3 Å². The van der Waals surface area contributed by atoms with Crippen LogP contribution in [0.25, 0.3) is 0 Å². The number of aromatic carboxylic acids is 1. The van der Waals surface area contributed by atoms with Crippen LogP contribution in [0.4, 0.5) is 11.4 Å². The number of benzene rings is 2. The molecular weight excluding hydrogens is 414 g/mol. The molecule has 2 saturated heterocycles. The van der Waals surface area contributed by atoms with E-state index in [4.69, 9.17) is 0 Å². The highest BCUT2D eigenvalue weighted by Gasteiger charge is 2.26. The van der Waals surface area contributed by atoms with E-state index in [1.54, 1.807) is 30.3 Å². The first kappa shape index (κ1) is 21.6. The summed E-state index contributed by atoms with van der Waals surface area (Å²) in [4.78, 5) is 16.8. The average molecular weight is 444 g/mol. The van der Waals surface area contributed by atoms with Crippen LogP contribution in [0.3, 0.4) is 0 Å². The Bertz CT molecular complexity index is 1020. The second-order valence-electron chi connectivity index (χ2n) is 8.42. The van der Waals surface area contributed by atoms with Gasteiger partial charge in [0.25, 0.3) is 10.0 Å². The average Bonchev–Trinajstić information content (AvgIpc) is 3.27. The molecule has 7 nitrogen and oxygen atoms in total. The van der Waals surface area contributed by atoms with Crippen molar-refractivity contribution in [3.8, 4) is 0 Å². The molecule has 0 bridgehead atoms. The number of hydrogen-bond donors (Lipinski definition) is 2. The molecule has 8 heteroatoms. The van der Waals surface area contributed by atoms with Crippen LogP contribution in [0.1, 0.15) is 36.0 Å². The Kier molecular flexibility index (Phi) is 6.48. The Morgan fingerprint density at radius 3 is 2.48 bits per heavy atom. The molecule has 4 rings (SSSR count). The van der Waals surface area contributed by atoms with E-state index >= 15 is 0 Å². The lowest BCUT2D eigenvalue weighted by atomic mass is 9.96. The number of nitrogens with zero attached hydrogens (tertiary/aromatic N) is 2. The molecule has 2 aromatic rings. The summed E-state index contributed by atoms with van der Waals surface area (Å²) in [6.07, 6.45) is 4.71. The fourth-order valence-electron chi connectivity index (χ4n) is 4.62. The quantitative estimate of drug-likeness (QED) is 0.681. The summed E-state index contributed by atoms with van der Waals surface area (Å²) in [6.45, 7) is 5.02. The number of hydrogen-bond acceptors (Lipinski definition) is 5. The van der Waals surface area contributed by atoms with Crippen molar-refractivity contribution >= 4 is 27.4 Å². The molecule has 31 heavy (non-hydrogen) atoms. The van der Waals surface area contributed by atoms with Crippen molar-refractivity contribution in [2.45, 2.75) is 30.6 Å². The molecule has 0 aromatic heterocycles. The van der Waals surface area contributed by atoms with Crippen LogP contribution in [0.15, 0.2) is 53.4 Å². The number of nitrogens with one attached hydrogen (secondary N) is 1. The third kappa shape index (κ3) is 5.19. The fraction of sp³-hybridized carbons (Fsp3) is 0.435. The number of rotatable bonds is 7. The van der Waals surface area contributed by atoms with Gasteiger partial charge in [-0.05, 0) is 75.0 Å². The van der Waals surface area contributed by atoms with Gasteiger partial charge in [0.05, 0.1) is 16.1 Å². The summed E-state index contributed by atoms with van der Waals surface area (Å²) >= 11 is 0. The van der Waals surface area contributed by atoms with Crippen molar-refractivity contribution in [2.24, 2.45) is 5.92 Å². The highest BCUT2D eigenvalue weighted by atomic mass is 32.2. The van der Waals surface area contributed by atoms with Crippen molar-refractivity contribution in [3.05, 3.63) is 54.1 Å². The number of carbonyl (C=O) groups is 1. The van der Waals surface area contributed by atoms with Crippen LogP contribution in [-0.2, 0) is 10.0 Å². The van der Waals surface area contributed by atoms with Crippen molar-refractivity contribution in [2.75, 3.05) is 42.3 Å². The molecule has 2 N–H and O–H groups in total. The lowest BCUT2D eigenvalue weighted by Gasteiger charge is -2.36. The van der Waals surface area contributed by atoms with E-state index in [1.165, 1.54) is 31.0 Å². The second-order valence-corrected chi connectivity index (χ2v) is 10.1. The lowest BCUT2D eigenvalue weighted by Crippen LogP contribution is -2.41. The molecule has 0 radical (unpaired) electrons. The SMILES string of the molecule is O=C(O)c1cc(NS(=O)(=O)c2ccccc2)ccc1N1CCCC(CN2CCCC2)C1. The van der Waals surface area contributed by atoms with E-state index in [0.29, 0.717) is 11.6 Å². The lowest BCUT2D eigenvalue weighted by molar-refractivity contribution is 0.0697. The van der Waals surface area contributed by atoms with Gasteiger partial charge >= 0.3 is 5.97 Å². The molecule has 2 heterocycles. The monoisotopic (exact) mass is 443 g/mol. The minimum absolute atomic E-state index is 0.120. The number of carboxylic acid groups (broad SMARTS) is 1. The van der Waals surface area contributed by atoms with Gasteiger partial charge in [-0.1, -0.05) is 18.2 Å². The van der Waals surface area contributed by atoms with E-state index in [1.807, 2.05) is 0 Å². The van der Waals surface area contributed by atoms with Crippen LogP contribution in [0.2, 0.25) is 0 Å². The Hall–Kier alpha value is -2.58. The molecule has 0 spiro atoms. The Morgan fingerprint density at radius 2 is 1.77 bits per heavy atom. The number of piperidine rings is 1. The predicted octanol–water partition coefficient (Wildman–Crippen LogP) is 3.50. The number of carboxylic acids is 1. The zero-order valence-electron chi connectivity index (χ0n) is 17.5. The zero-order valence-corrected chi connectivity index (χ0v) is 18.4. The van der Waals surface area contributed by atoms with Crippen molar-refractivity contribution in [1.82, 2.24) is 4.90 Å². The number of anilines is 2. The Labute approximate surface area is 183 Å². The topological polar surface area (TPSA) is 89.9 Å². The van der Waals surface area contributed by atoms with Crippen LogP contribution >= 0.6 is 0 Å². The van der Waals surface area contributed by atoms with E-state index in [9.17, 15) is 18.3 Å². The summed E-state index contributed by atoms with van der Waals surface area (Å²) < 4.78 is 27.7. The molecule has 2 aromatic carbocycles. The molecule has 0 amide bonds. The normalized spacial score (nSPS) is 20.0. The van der Waals surface area contributed by atoms with E-state index in [0.717, 1.165) is 45.6 Å². The standard InChI is InChI=1S/C23H29N3O4S/c27-23(28)21-15-19(24-31(29,30)20-8-2-1-3-9-20)10-11-22(21)26-14-6-7-18(17-26)16-25-12-4-5-13-25/h1-3,8-11,15,18,24H,4-7,12-14,16-17H2,(H,27,28). The molecule has 0 aliphatic carbocycles. The van der Waals surface area contributed by atoms with Gasteiger partial charge in [0.1, 0.15) is 0 Å². The zero-order chi connectivity index (χ0) is 21.8. The smallest absolute Gasteiger partial charge is 0.337 e. The molecule has 2 aliphatic rings. The van der Waals surface area contributed by atoms with Crippen LogP contribution in [0, 0.1) is 5.92 Å². The molecule has 2 aliphatic heterocycles. The summed E-state index contributed by atoms with van der Waals surface area (Å²) in [5.41, 5.74) is 1.02. The van der Waals surface area contributed by atoms with Gasteiger partial charge in [-0.3, -0.25) is 4.72 Å². The highest BCUT2D eigenvalue weighted by molar-refractivity contribution is 7.92. The maximum absolute atomic E-state index is 12.6. The first-order chi connectivity index (χ1) is 14.9. The molecule has 2 fully saturated rings. The molecule has 166 valence electrons.